The molecule has 1 amide bonds. The van der Waals surface area contributed by atoms with Crippen molar-refractivity contribution >= 4 is 23.2 Å². The van der Waals surface area contributed by atoms with E-state index in [2.05, 4.69) is 15.0 Å². The minimum Gasteiger partial charge on any atom is -0.422 e. The number of amides is 1. The van der Waals surface area contributed by atoms with Crippen molar-refractivity contribution in [3.05, 3.63) is 48.4 Å². The predicted molar refractivity (Wildman–Crippen MR) is 88.5 cm³/mol. The number of carbonyl (C=O) groups excluding carboxylic acids is 1. The number of piperazine rings is 1. The van der Waals surface area contributed by atoms with Crippen LogP contribution in [-0.2, 0) is 11.2 Å². The van der Waals surface area contributed by atoms with E-state index in [9.17, 15) is 4.79 Å². The molecule has 1 aliphatic rings. The van der Waals surface area contributed by atoms with Gasteiger partial charge in [0.15, 0.2) is 5.58 Å². The van der Waals surface area contributed by atoms with Crippen molar-refractivity contribution in [1.82, 2.24) is 19.9 Å². The highest BCUT2D eigenvalue weighted by Gasteiger charge is 2.24. The molecule has 0 aromatic carbocycles. The summed E-state index contributed by atoms with van der Waals surface area (Å²) >= 11 is 0. The van der Waals surface area contributed by atoms with Gasteiger partial charge in [-0.25, -0.2) is 4.98 Å². The molecule has 1 fully saturated rings. The highest BCUT2D eigenvalue weighted by Crippen LogP contribution is 2.21. The van der Waals surface area contributed by atoms with Crippen LogP contribution in [0.5, 0.6) is 0 Å². The SMILES string of the molecule is O=C(Cc1ccccn1)N1CCN(c2nc3ncccc3o2)CC1. The summed E-state index contributed by atoms with van der Waals surface area (Å²) in [5.41, 5.74) is 2.09. The smallest absolute Gasteiger partial charge is 0.300 e. The van der Waals surface area contributed by atoms with E-state index in [0.717, 1.165) is 5.69 Å². The van der Waals surface area contributed by atoms with E-state index in [0.29, 0.717) is 49.8 Å². The molecule has 4 heterocycles. The van der Waals surface area contributed by atoms with Crippen molar-refractivity contribution in [3.8, 4) is 0 Å². The molecular formula is C17H17N5O2. The van der Waals surface area contributed by atoms with Gasteiger partial charge in [0.2, 0.25) is 11.6 Å². The molecule has 0 N–H and O–H groups in total. The van der Waals surface area contributed by atoms with Gasteiger partial charge in [0.25, 0.3) is 6.01 Å². The Kier molecular flexibility index (Phi) is 3.82. The van der Waals surface area contributed by atoms with Gasteiger partial charge in [0.1, 0.15) is 0 Å². The van der Waals surface area contributed by atoms with Crippen LogP contribution >= 0.6 is 0 Å². The van der Waals surface area contributed by atoms with E-state index < -0.39 is 0 Å². The van der Waals surface area contributed by atoms with Gasteiger partial charge in [-0.05, 0) is 24.3 Å². The lowest BCUT2D eigenvalue weighted by Gasteiger charge is -2.33. The van der Waals surface area contributed by atoms with Gasteiger partial charge in [0, 0.05) is 44.3 Å². The van der Waals surface area contributed by atoms with Gasteiger partial charge in [-0.2, -0.15) is 4.98 Å². The maximum Gasteiger partial charge on any atom is 0.300 e. The standard InChI is InChI=1S/C17H17N5O2/c23-15(12-13-4-1-2-6-18-13)21-8-10-22(11-9-21)17-20-16-14(24-17)5-3-7-19-16/h1-7H,8-12H2. The minimum atomic E-state index is 0.104. The van der Waals surface area contributed by atoms with Crippen molar-refractivity contribution in [2.24, 2.45) is 0 Å². The number of rotatable bonds is 3. The summed E-state index contributed by atoms with van der Waals surface area (Å²) < 4.78 is 5.74. The first kappa shape index (κ1) is 14.6. The Morgan fingerprint density at radius 1 is 1.04 bits per heavy atom. The molecule has 4 rings (SSSR count). The van der Waals surface area contributed by atoms with E-state index in [1.807, 2.05) is 40.1 Å². The number of aromatic nitrogens is 3. The minimum absolute atomic E-state index is 0.104. The normalized spacial score (nSPS) is 15.0. The second-order valence-electron chi connectivity index (χ2n) is 5.69. The molecule has 0 bridgehead atoms. The highest BCUT2D eigenvalue weighted by molar-refractivity contribution is 5.78. The fourth-order valence-electron chi connectivity index (χ4n) is 2.81. The summed E-state index contributed by atoms with van der Waals surface area (Å²) in [6.45, 7) is 2.69. The van der Waals surface area contributed by atoms with Crippen molar-refractivity contribution < 1.29 is 9.21 Å². The molecule has 7 nitrogen and oxygen atoms in total. The van der Waals surface area contributed by atoms with Crippen molar-refractivity contribution in [1.29, 1.82) is 0 Å². The summed E-state index contributed by atoms with van der Waals surface area (Å²) in [6.07, 6.45) is 3.75. The van der Waals surface area contributed by atoms with Crippen LogP contribution in [0.2, 0.25) is 0 Å². The molecular weight excluding hydrogens is 306 g/mol. The maximum absolute atomic E-state index is 12.4. The molecule has 1 saturated heterocycles. The Morgan fingerprint density at radius 2 is 1.88 bits per heavy atom. The van der Waals surface area contributed by atoms with E-state index in [1.165, 1.54) is 0 Å². The molecule has 0 atom stereocenters. The van der Waals surface area contributed by atoms with E-state index in [1.54, 1.807) is 12.4 Å². The third-order valence-corrected chi connectivity index (χ3v) is 4.12. The van der Waals surface area contributed by atoms with Crippen LogP contribution < -0.4 is 4.90 Å². The zero-order valence-corrected chi connectivity index (χ0v) is 13.1. The van der Waals surface area contributed by atoms with Crippen LogP contribution in [0.25, 0.3) is 11.2 Å². The first-order valence-corrected chi connectivity index (χ1v) is 7.94. The molecule has 122 valence electrons. The number of nitrogens with zero attached hydrogens (tertiary/aromatic N) is 5. The third-order valence-electron chi connectivity index (χ3n) is 4.12. The van der Waals surface area contributed by atoms with Crippen LogP contribution in [0.4, 0.5) is 6.01 Å². The number of hydrogen-bond donors (Lipinski definition) is 0. The summed E-state index contributed by atoms with van der Waals surface area (Å²) in [5.74, 6) is 0.104. The maximum atomic E-state index is 12.4. The molecule has 7 heteroatoms. The van der Waals surface area contributed by atoms with Crippen molar-refractivity contribution in [2.75, 3.05) is 31.1 Å². The van der Waals surface area contributed by atoms with Gasteiger partial charge in [-0.15, -0.1) is 0 Å². The predicted octanol–water partition coefficient (Wildman–Crippen LogP) is 1.51. The van der Waals surface area contributed by atoms with Gasteiger partial charge in [0.05, 0.1) is 6.42 Å². The molecule has 0 radical (unpaired) electrons. The summed E-state index contributed by atoms with van der Waals surface area (Å²) in [7, 11) is 0. The number of anilines is 1. The molecule has 24 heavy (non-hydrogen) atoms. The first-order chi connectivity index (χ1) is 11.8. The lowest BCUT2D eigenvalue weighted by Crippen LogP contribution is -2.49. The zero-order valence-electron chi connectivity index (χ0n) is 13.1. The lowest BCUT2D eigenvalue weighted by atomic mass is 10.2. The Hall–Kier alpha value is -2.96. The molecule has 3 aromatic rings. The monoisotopic (exact) mass is 323 g/mol. The van der Waals surface area contributed by atoms with Crippen molar-refractivity contribution in [3.63, 3.8) is 0 Å². The molecule has 0 aliphatic carbocycles. The quantitative estimate of drug-likeness (QED) is 0.727. The Morgan fingerprint density at radius 3 is 2.62 bits per heavy atom. The Labute approximate surface area is 138 Å². The molecule has 3 aromatic heterocycles. The van der Waals surface area contributed by atoms with Gasteiger partial charge in [-0.1, -0.05) is 6.07 Å². The summed E-state index contributed by atoms with van der Waals surface area (Å²) in [4.78, 5) is 29.1. The number of pyridine rings is 2. The van der Waals surface area contributed by atoms with Crippen LogP contribution in [0.1, 0.15) is 5.69 Å². The van der Waals surface area contributed by atoms with E-state index in [4.69, 9.17) is 4.42 Å². The molecule has 0 spiro atoms. The average molecular weight is 323 g/mol. The van der Waals surface area contributed by atoms with E-state index >= 15 is 0 Å². The Balaban J connectivity index is 1.38. The highest BCUT2D eigenvalue weighted by atomic mass is 16.4. The van der Waals surface area contributed by atoms with Gasteiger partial charge < -0.3 is 14.2 Å². The molecule has 0 saturated carbocycles. The van der Waals surface area contributed by atoms with Crippen LogP contribution in [0.15, 0.2) is 47.1 Å². The number of oxazole rings is 1. The molecule has 1 aliphatic heterocycles. The zero-order chi connectivity index (χ0) is 16.4. The lowest BCUT2D eigenvalue weighted by molar-refractivity contribution is -0.130. The first-order valence-electron chi connectivity index (χ1n) is 7.94. The van der Waals surface area contributed by atoms with Gasteiger partial charge in [-0.3, -0.25) is 9.78 Å². The average Bonchev–Trinajstić information content (AvgIpc) is 3.07. The van der Waals surface area contributed by atoms with Crippen molar-refractivity contribution in [2.45, 2.75) is 6.42 Å². The Bertz CT molecular complexity index is 807. The third kappa shape index (κ3) is 2.92. The van der Waals surface area contributed by atoms with Gasteiger partial charge >= 0.3 is 0 Å². The van der Waals surface area contributed by atoms with E-state index in [-0.39, 0.29) is 5.91 Å². The van der Waals surface area contributed by atoms with Crippen LogP contribution in [-0.4, -0.2) is 51.9 Å². The second-order valence-corrected chi connectivity index (χ2v) is 5.69. The summed E-state index contributed by atoms with van der Waals surface area (Å²) in [5, 5.41) is 0. The number of hydrogen-bond acceptors (Lipinski definition) is 6. The second kappa shape index (κ2) is 6.27. The largest absolute Gasteiger partial charge is 0.422 e. The van der Waals surface area contributed by atoms with Crippen LogP contribution in [0.3, 0.4) is 0 Å². The number of carbonyl (C=O) groups is 1. The fourth-order valence-corrected chi connectivity index (χ4v) is 2.81. The van der Waals surface area contributed by atoms with Crippen LogP contribution in [0, 0.1) is 0 Å². The number of fused-ring (bicyclic) bond motifs is 1. The topological polar surface area (TPSA) is 75.4 Å². The summed E-state index contributed by atoms with van der Waals surface area (Å²) in [6, 6.07) is 9.87. The fraction of sp³-hybridized carbons (Fsp3) is 0.294. The molecule has 0 unspecified atom stereocenters.